The van der Waals surface area contributed by atoms with Crippen molar-refractivity contribution in [3.8, 4) is 11.5 Å². The topological polar surface area (TPSA) is 78.0 Å². The lowest BCUT2D eigenvalue weighted by atomic mass is 9.77. The van der Waals surface area contributed by atoms with Gasteiger partial charge in [-0.3, -0.25) is 14.5 Å². The summed E-state index contributed by atoms with van der Waals surface area (Å²) in [6.45, 7) is 2.03. The molecule has 2 aliphatic heterocycles. The minimum Gasteiger partial charge on any atom is -0.497 e. The van der Waals surface area contributed by atoms with Crippen LogP contribution in [0.3, 0.4) is 0 Å². The molecule has 2 aromatic carbocycles. The Balaban J connectivity index is 1.56. The summed E-state index contributed by atoms with van der Waals surface area (Å²) in [6.07, 6.45) is 3.30. The molecule has 180 valence electrons. The highest BCUT2D eigenvalue weighted by Crippen LogP contribution is 2.51. The second-order valence-electron chi connectivity index (χ2n) is 9.31. The van der Waals surface area contributed by atoms with Crippen LogP contribution < -0.4 is 14.4 Å². The fraction of sp³-hybridized carbons (Fsp3) is 0.370. The number of ether oxygens (including phenoxy) is 3. The van der Waals surface area contributed by atoms with Crippen molar-refractivity contribution in [2.75, 3.05) is 19.1 Å². The summed E-state index contributed by atoms with van der Waals surface area (Å²) in [5.41, 5.74) is 3.00. The van der Waals surface area contributed by atoms with Gasteiger partial charge in [0.25, 0.3) is 5.91 Å². The van der Waals surface area contributed by atoms with E-state index in [9.17, 15) is 9.59 Å². The van der Waals surface area contributed by atoms with E-state index in [0.717, 1.165) is 41.5 Å². The molecule has 0 spiro atoms. The lowest BCUT2D eigenvalue weighted by Crippen LogP contribution is -2.39. The summed E-state index contributed by atoms with van der Waals surface area (Å²) in [4.78, 5) is 34.2. The third-order valence-corrected chi connectivity index (χ3v) is 8.25. The number of carbonyl (C=O) groups excluding carboxylic acids is 2. The van der Waals surface area contributed by atoms with Gasteiger partial charge in [0.05, 0.1) is 35.9 Å². The summed E-state index contributed by atoms with van der Waals surface area (Å²) in [6, 6.07) is 10.7. The molecule has 35 heavy (non-hydrogen) atoms. The number of methoxy groups -OCH3 is 2. The predicted molar refractivity (Wildman–Crippen MR) is 133 cm³/mol. The van der Waals surface area contributed by atoms with Gasteiger partial charge < -0.3 is 14.2 Å². The molecular formula is C27H26N2O5S. The maximum Gasteiger partial charge on any atom is 0.296 e. The van der Waals surface area contributed by atoms with Gasteiger partial charge in [-0.15, -0.1) is 0 Å². The Morgan fingerprint density at radius 1 is 1.06 bits per heavy atom. The average molecular weight is 491 g/mol. The molecule has 3 aromatic rings. The van der Waals surface area contributed by atoms with Crippen molar-refractivity contribution in [1.29, 1.82) is 0 Å². The Hall–Kier alpha value is -3.39. The highest BCUT2D eigenvalue weighted by molar-refractivity contribution is 7.22. The molecule has 1 saturated carbocycles. The lowest BCUT2D eigenvalue weighted by molar-refractivity contribution is -0.131. The molecule has 3 atom stereocenters. The van der Waals surface area contributed by atoms with Gasteiger partial charge in [-0.25, -0.2) is 4.98 Å². The van der Waals surface area contributed by atoms with Crippen LogP contribution in [0.25, 0.3) is 10.2 Å². The number of nitrogens with zero attached hydrogens (tertiary/aromatic N) is 2. The maximum atomic E-state index is 13.9. The molecule has 3 unspecified atom stereocenters. The number of ketones is 1. The summed E-state index contributed by atoms with van der Waals surface area (Å²) < 4.78 is 18.5. The summed E-state index contributed by atoms with van der Waals surface area (Å²) in [5.74, 6) is 0.775. The van der Waals surface area contributed by atoms with E-state index < -0.39 is 6.04 Å². The van der Waals surface area contributed by atoms with Gasteiger partial charge in [-0.1, -0.05) is 23.8 Å². The Morgan fingerprint density at radius 2 is 1.89 bits per heavy atom. The highest BCUT2D eigenvalue weighted by Gasteiger charge is 2.53. The SMILES string of the molecule is COc1ccc(OC)c(C2C3=C(OC4CCCCC4C3=O)C(=O)N2c2nc3ccc(C)cc3s2)c1. The molecule has 3 heterocycles. The van der Waals surface area contributed by atoms with Crippen molar-refractivity contribution in [1.82, 2.24) is 4.98 Å². The van der Waals surface area contributed by atoms with Crippen LogP contribution in [-0.2, 0) is 14.3 Å². The first-order valence-corrected chi connectivity index (χ1v) is 12.7. The Kier molecular flexibility index (Phi) is 5.29. The first-order valence-electron chi connectivity index (χ1n) is 11.9. The zero-order valence-corrected chi connectivity index (χ0v) is 20.7. The van der Waals surface area contributed by atoms with Gasteiger partial charge in [-0.05, 0) is 62.1 Å². The number of hydrogen-bond donors (Lipinski definition) is 0. The monoisotopic (exact) mass is 490 g/mol. The standard InChI is InChI=1S/C27H26N2O5S/c1-14-8-10-18-21(12-14)35-27(28-18)29-23(17-13-15(32-2)9-11-19(17)33-3)22-24(30)16-6-4-5-7-20(16)34-25(22)26(29)31/h8-13,16,20,23H,4-7H2,1-3H3. The van der Waals surface area contributed by atoms with Crippen LogP contribution in [0.1, 0.15) is 42.9 Å². The van der Waals surface area contributed by atoms with Crippen LogP contribution in [0.15, 0.2) is 47.7 Å². The number of benzene rings is 2. The number of rotatable bonds is 4. The Labute approximate surface area is 207 Å². The van der Waals surface area contributed by atoms with Gasteiger partial charge in [0, 0.05) is 5.56 Å². The number of Topliss-reactive ketones (excluding diaryl/α,β-unsaturated/α-hetero) is 1. The van der Waals surface area contributed by atoms with Crippen LogP contribution in [0.4, 0.5) is 5.13 Å². The molecule has 0 radical (unpaired) electrons. The van der Waals surface area contributed by atoms with Gasteiger partial charge in [0.1, 0.15) is 23.6 Å². The van der Waals surface area contributed by atoms with Gasteiger partial charge in [-0.2, -0.15) is 0 Å². The van der Waals surface area contributed by atoms with E-state index in [-0.39, 0.29) is 29.5 Å². The van der Waals surface area contributed by atoms with E-state index in [0.29, 0.717) is 27.8 Å². The minimum absolute atomic E-state index is 0.00127. The van der Waals surface area contributed by atoms with Crippen molar-refractivity contribution >= 4 is 38.4 Å². The van der Waals surface area contributed by atoms with Crippen LogP contribution >= 0.6 is 11.3 Å². The molecule has 6 rings (SSSR count). The molecule has 8 heteroatoms. The number of thiazole rings is 1. The quantitative estimate of drug-likeness (QED) is 0.505. The normalized spacial score (nSPS) is 23.9. The van der Waals surface area contributed by atoms with Gasteiger partial charge >= 0.3 is 0 Å². The molecule has 0 N–H and O–H groups in total. The van der Waals surface area contributed by atoms with E-state index in [4.69, 9.17) is 19.2 Å². The number of anilines is 1. The minimum atomic E-state index is -0.709. The molecule has 1 aliphatic carbocycles. The predicted octanol–water partition coefficient (Wildman–Crippen LogP) is 5.12. The average Bonchev–Trinajstić information content (AvgIpc) is 3.41. The van der Waals surface area contributed by atoms with Crippen LogP contribution in [0, 0.1) is 12.8 Å². The number of aromatic nitrogens is 1. The fourth-order valence-electron chi connectivity index (χ4n) is 5.51. The van der Waals surface area contributed by atoms with Crippen LogP contribution in [0.5, 0.6) is 11.5 Å². The third kappa shape index (κ3) is 3.42. The molecule has 1 fully saturated rings. The van der Waals surface area contributed by atoms with Crippen molar-refractivity contribution in [2.24, 2.45) is 5.92 Å². The summed E-state index contributed by atoms with van der Waals surface area (Å²) >= 11 is 1.43. The summed E-state index contributed by atoms with van der Waals surface area (Å²) in [5, 5.41) is 0.527. The first kappa shape index (κ1) is 22.1. The zero-order valence-electron chi connectivity index (χ0n) is 19.9. The fourth-order valence-corrected chi connectivity index (χ4v) is 6.60. The van der Waals surface area contributed by atoms with Crippen molar-refractivity contribution in [2.45, 2.75) is 44.8 Å². The van der Waals surface area contributed by atoms with E-state index in [1.165, 1.54) is 11.3 Å². The number of aryl methyl sites for hydroxylation is 1. The zero-order chi connectivity index (χ0) is 24.3. The number of hydrogen-bond acceptors (Lipinski definition) is 7. The lowest BCUT2D eigenvalue weighted by Gasteiger charge is -2.35. The van der Waals surface area contributed by atoms with Gasteiger partial charge in [0.2, 0.25) is 0 Å². The smallest absolute Gasteiger partial charge is 0.296 e. The molecule has 7 nitrogen and oxygen atoms in total. The molecule has 0 bridgehead atoms. The van der Waals surface area contributed by atoms with Crippen molar-refractivity contribution in [3.05, 3.63) is 58.9 Å². The van der Waals surface area contributed by atoms with Crippen molar-refractivity contribution in [3.63, 3.8) is 0 Å². The highest BCUT2D eigenvalue weighted by atomic mass is 32.1. The van der Waals surface area contributed by atoms with E-state index >= 15 is 0 Å². The largest absolute Gasteiger partial charge is 0.497 e. The Morgan fingerprint density at radius 3 is 2.69 bits per heavy atom. The molecule has 0 saturated heterocycles. The second-order valence-corrected chi connectivity index (χ2v) is 10.3. The maximum absolute atomic E-state index is 13.9. The van der Waals surface area contributed by atoms with E-state index in [2.05, 4.69) is 6.07 Å². The molecule has 3 aliphatic rings. The molecule has 1 amide bonds. The number of amides is 1. The van der Waals surface area contributed by atoms with Gasteiger partial charge in [0.15, 0.2) is 16.7 Å². The summed E-state index contributed by atoms with van der Waals surface area (Å²) in [7, 11) is 3.17. The number of fused-ring (bicyclic) bond motifs is 2. The second kappa shape index (κ2) is 8.37. The molecule has 1 aromatic heterocycles. The van der Waals surface area contributed by atoms with Crippen molar-refractivity contribution < 1.29 is 23.8 Å². The van der Waals surface area contributed by atoms with E-state index in [1.54, 1.807) is 31.3 Å². The first-order chi connectivity index (χ1) is 17.0. The van der Waals surface area contributed by atoms with Crippen LogP contribution in [0.2, 0.25) is 0 Å². The molecular weight excluding hydrogens is 464 g/mol. The Bertz CT molecular complexity index is 1390. The number of carbonyl (C=O) groups is 2. The third-order valence-electron chi connectivity index (χ3n) is 7.23. The van der Waals surface area contributed by atoms with E-state index in [1.807, 2.05) is 25.1 Å². The van der Waals surface area contributed by atoms with Crippen LogP contribution in [-0.4, -0.2) is 37.0 Å².